The van der Waals surface area contributed by atoms with Gasteiger partial charge in [-0.15, -0.1) is 0 Å². The third kappa shape index (κ3) is 2.78. The van der Waals surface area contributed by atoms with Crippen LogP contribution in [-0.2, 0) is 6.61 Å². The van der Waals surface area contributed by atoms with Crippen molar-refractivity contribution in [3.8, 4) is 5.75 Å². The van der Waals surface area contributed by atoms with Crippen LogP contribution in [0.1, 0.15) is 29.9 Å². The summed E-state index contributed by atoms with van der Waals surface area (Å²) in [6, 6.07) is 15.9. The number of hydrogen-bond acceptors (Lipinski definition) is 3. The van der Waals surface area contributed by atoms with Crippen molar-refractivity contribution in [2.75, 3.05) is 0 Å². The van der Waals surface area contributed by atoms with Gasteiger partial charge in [0, 0.05) is 10.9 Å². The lowest BCUT2D eigenvalue weighted by molar-refractivity contribution is 0.306. The Kier molecular flexibility index (Phi) is 3.67. The third-order valence-electron chi connectivity index (χ3n) is 3.61. The Morgan fingerprint density at radius 3 is 2.62 bits per heavy atom. The van der Waals surface area contributed by atoms with Gasteiger partial charge < -0.3 is 14.9 Å². The van der Waals surface area contributed by atoms with E-state index in [0.29, 0.717) is 6.61 Å². The third-order valence-corrected chi connectivity index (χ3v) is 3.61. The molecule has 0 spiro atoms. The zero-order valence-corrected chi connectivity index (χ0v) is 12.3. The predicted octanol–water partition coefficient (Wildman–Crippen LogP) is 4.34. The second-order valence-electron chi connectivity index (χ2n) is 5.31. The van der Waals surface area contributed by atoms with Gasteiger partial charge in [0.25, 0.3) is 0 Å². The van der Waals surface area contributed by atoms with Crippen LogP contribution >= 0.6 is 0 Å². The van der Waals surface area contributed by atoms with Gasteiger partial charge >= 0.3 is 0 Å². The second-order valence-corrected chi connectivity index (χ2v) is 5.31. The molecule has 0 aliphatic rings. The van der Waals surface area contributed by atoms with E-state index >= 15 is 0 Å². The molecule has 3 heteroatoms. The predicted molar refractivity (Wildman–Crippen MR) is 84.3 cm³/mol. The minimum absolute atomic E-state index is 0.105. The summed E-state index contributed by atoms with van der Waals surface area (Å²) < 4.78 is 11.6. The maximum Gasteiger partial charge on any atom is 0.134 e. The molecule has 0 radical (unpaired) electrons. The highest BCUT2D eigenvalue weighted by molar-refractivity contribution is 5.83. The fraction of sp³-hybridized carbons (Fsp3) is 0.222. The molecule has 2 aromatic carbocycles. The molecule has 1 atom stereocenters. The number of nitrogens with two attached hydrogens (primary N) is 1. The van der Waals surface area contributed by atoms with Gasteiger partial charge in [-0.1, -0.05) is 30.3 Å². The molecule has 0 saturated carbocycles. The fourth-order valence-electron chi connectivity index (χ4n) is 2.48. The molecule has 3 rings (SSSR count). The lowest BCUT2D eigenvalue weighted by Crippen LogP contribution is -2.04. The van der Waals surface area contributed by atoms with Gasteiger partial charge in [-0.3, -0.25) is 0 Å². The van der Waals surface area contributed by atoms with E-state index in [1.165, 1.54) is 0 Å². The standard InChI is InChI=1S/C18H19NO2/c1-12-16-10-15(20-11-14-6-4-3-5-7-14)8-9-17(16)21-18(12)13(2)19/h3-10,13H,11,19H2,1-2H3. The Balaban J connectivity index is 1.85. The van der Waals surface area contributed by atoms with E-state index in [1.807, 2.05) is 50.2 Å². The van der Waals surface area contributed by atoms with Gasteiger partial charge in [0.05, 0.1) is 6.04 Å². The number of fused-ring (bicyclic) bond motifs is 1. The van der Waals surface area contributed by atoms with Crippen LogP contribution in [0, 0.1) is 6.92 Å². The number of ether oxygens (including phenoxy) is 1. The average Bonchev–Trinajstić information content (AvgIpc) is 2.83. The molecule has 2 N–H and O–H groups in total. The molecule has 1 heterocycles. The van der Waals surface area contributed by atoms with Crippen LogP contribution in [0.2, 0.25) is 0 Å². The SMILES string of the molecule is Cc1c(C(C)N)oc2ccc(OCc3ccccc3)cc12. The van der Waals surface area contributed by atoms with Crippen molar-refractivity contribution in [1.29, 1.82) is 0 Å². The lowest BCUT2D eigenvalue weighted by Gasteiger charge is -2.06. The van der Waals surface area contributed by atoms with E-state index in [9.17, 15) is 0 Å². The topological polar surface area (TPSA) is 48.4 Å². The zero-order valence-electron chi connectivity index (χ0n) is 12.3. The average molecular weight is 281 g/mol. The van der Waals surface area contributed by atoms with Gasteiger partial charge in [-0.25, -0.2) is 0 Å². The van der Waals surface area contributed by atoms with Gasteiger partial charge in [-0.2, -0.15) is 0 Å². The molecule has 3 nitrogen and oxygen atoms in total. The first-order valence-electron chi connectivity index (χ1n) is 7.10. The summed E-state index contributed by atoms with van der Waals surface area (Å²) in [5.41, 5.74) is 9.02. The summed E-state index contributed by atoms with van der Waals surface area (Å²) in [4.78, 5) is 0. The van der Waals surface area contributed by atoms with E-state index in [2.05, 4.69) is 12.1 Å². The van der Waals surface area contributed by atoms with Crippen LogP contribution in [0.25, 0.3) is 11.0 Å². The summed E-state index contributed by atoms with van der Waals surface area (Å²) in [5, 5.41) is 1.06. The smallest absolute Gasteiger partial charge is 0.134 e. The van der Waals surface area contributed by atoms with Gasteiger partial charge in [0.1, 0.15) is 23.7 Å². The van der Waals surface area contributed by atoms with Crippen molar-refractivity contribution < 1.29 is 9.15 Å². The molecule has 0 fully saturated rings. The Hall–Kier alpha value is -2.26. The maximum atomic E-state index is 5.93. The number of hydrogen-bond donors (Lipinski definition) is 1. The summed E-state index contributed by atoms with van der Waals surface area (Å²) >= 11 is 0. The highest BCUT2D eigenvalue weighted by atomic mass is 16.5. The van der Waals surface area contributed by atoms with E-state index in [-0.39, 0.29) is 6.04 Å². The first-order chi connectivity index (χ1) is 10.1. The molecule has 0 saturated heterocycles. The monoisotopic (exact) mass is 281 g/mol. The summed E-state index contributed by atoms with van der Waals surface area (Å²) in [6.45, 7) is 4.52. The summed E-state index contributed by atoms with van der Waals surface area (Å²) in [5.74, 6) is 1.68. The Labute approximate surface area is 124 Å². The second kappa shape index (κ2) is 5.62. The first kappa shape index (κ1) is 13.7. The van der Waals surface area contributed by atoms with Crippen molar-refractivity contribution in [2.24, 2.45) is 5.73 Å². The van der Waals surface area contributed by atoms with Gasteiger partial charge in [0.2, 0.25) is 0 Å². The van der Waals surface area contributed by atoms with Crippen LogP contribution in [0.15, 0.2) is 52.9 Å². The van der Waals surface area contributed by atoms with Crippen molar-refractivity contribution >= 4 is 11.0 Å². The molecule has 1 aromatic heterocycles. The minimum Gasteiger partial charge on any atom is -0.489 e. The van der Waals surface area contributed by atoms with E-state index in [4.69, 9.17) is 14.9 Å². The Morgan fingerprint density at radius 1 is 1.14 bits per heavy atom. The molecule has 0 aliphatic heterocycles. The number of benzene rings is 2. The molecular formula is C18H19NO2. The molecule has 108 valence electrons. The first-order valence-corrected chi connectivity index (χ1v) is 7.10. The molecule has 0 bridgehead atoms. The van der Waals surface area contributed by atoms with Crippen LogP contribution in [0.3, 0.4) is 0 Å². The summed E-state index contributed by atoms with van der Waals surface area (Å²) in [7, 11) is 0. The molecule has 0 aliphatic carbocycles. The number of furan rings is 1. The van der Waals surface area contributed by atoms with E-state index in [0.717, 1.165) is 33.6 Å². The molecule has 21 heavy (non-hydrogen) atoms. The van der Waals surface area contributed by atoms with E-state index in [1.54, 1.807) is 0 Å². The molecule has 1 unspecified atom stereocenters. The summed E-state index contributed by atoms with van der Waals surface area (Å²) in [6.07, 6.45) is 0. The van der Waals surface area contributed by atoms with Crippen molar-refractivity contribution in [3.63, 3.8) is 0 Å². The van der Waals surface area contributed by atoms with Gasteiger partial charge in [-0.05, 0) is 37.6 Å². The highest BCUT2D eigenvalue weighted by Gasteiger charge is 2.14. The van der Waals surface area contributed by atoms with Crippen molar-refractivity contribution in [1.82, 2.24) is 0 Å². The molecule has 0 amide bonds. The van der Waals surface area contributed by atoms with Crippen LogP contribution in [-0.4, -0.2) is 0 Å². The van der Waals surface area contributed by atoms with E-state index < -0.39 is 0 Å². The van der Waals surface area contributed by atoms with Crippen LogP contribution in [0.4, 0.5) is 0 Å². The lowest BCUT2D eigenvalue weighted by atomic mass is 10.1. The van der Waals surface area contributed by atoms with Crippen LogP contribution < -0.4 is 10.5 Å². The highest BCUT2D eigenvalue weighted by Crippen LogP contribution is 2.31. The molecular weight excluding hydrogens is 262 g/mol. The van der Waals surface area contributed by atoms with Gasteiger partial charge in [0.15, 0.2) is 0 Å². The van der Waals surface area contributed by atoms with Crippen LogP contribution in [0.5, 0.6) is 5.75 Å². The van der Waals surface area contributed by atoms with Crippen molar-refractivity contribution in [2.45, 2.75) is 26.5 Å². The Bertz CT molecular complexity index is 745. The quantitative estimate of drug-likeness (QED) is 0.774. The van der Waals surface area contributed by atoms with Crippen molar-refractivity contribution in [3.05, 3.63) is 65.4 Å². The minimum atomic E-state index is -0.105. The number of rotatable bonds is 4. The zero-order chi connectivity index (χ0) is 14.8. The largest absolute Gasteiger partial charge is 0.489 e. The fourth-order valence-corrected chi connectivity index (χ4v) is 2.48. The maximum absolute atomic E-state index is 5.93. The number of aryl methyl sites for hydroxylation is 1. The Morgan fingerprint density at radius 2 is 1.90 bits per heavy atom. The molecule has 3 aromatic rings. The normalized spacial score (nSPS) is 12.5.